The van der Waals surface area contributed by atoms with Gasteiger partial charge in [0.05, 0.1) is 17.7 Å². The number of nitrogens with one attached hydrogen (secondary N) is 2. The topological polar surface area (TPSA) is 131 Å². The number of ether oxygens (including phenoxy) is 2. The minimum atomic E-state index is -1.02. The lowest BCUT2D eigenvalue weighted by molar-refractivity contribution is -0.891. The predicted octanol–water partition coefficient (Wildman–Crippen LogP) is 5.73. The largest absolute Gasteiger partial charge is 0.437 e. The molecule has 59 heavy (non-hydrogen) atoms. The van der Waals surface area contributed by atoms with Crippen LogP contribution < -0.4 is 25.4 Å². The molecule has 9 aliphatic rings. The summed E-state index contributed by atoms with van der Waals surface area (Å²) in [5, 5.41) is 26.8. The summed E-state index contributed by atoms with van der Waals surface area (Å²) in [5.74, 6) is 13.7. The number of nitrogens with zero attached hydrogens (tertiary/aromatic N) is 1. The van der Waals surface area contributed by atoms with E-state index >= 15 is 0 Å². The molecule has 1 spiro atoms. The number of hydrogen-bond donors (Lipinski definition) is 5. The van der Waals surface area contributed by atoms with Gasteiger partial charge in [-0.05, 0) is 77.5 Å². The van der Waals surface area contributed by atoms with Gasteiger partial charge in [-0.2, -0.15) is 0 Å². The highest BCUT2D eigenvalue weighted by Crippen LogP contribution is 2.49. The van der Waals surface area contributed by atoms with E-state index in [9.17, 15) is 15.0 Å². The van der Waals surface area contributed by atoms with Crippen molar-refractivity contribution in [2.75, 3.05) is 18.8 Å². The number of aliphatic imine (C=N–C) groups is 1. The van der Waals surface area contributed by atoms with Crippen molar-refractivity contribution >= 4 is 33.6 Å². The number of carbonyl (C=O) groups is 1. The van der Waals surface area contributed by atoms with Crippen molar-refractivity contribution in [2.24, 2.45) is 33.9 Å². The molecular weight excluding hydrogens is 777 g/mol. The van der Waals surface area contributed by atoms with Crippen LogP contribution in [0.15, 0.2) is 64.5 Å². The fourth-order valence-electron chi connectivity index (χ4n) is 10.8. The minimum absolute atomic E-state index is 0.0222. The maximum atomic E-state index is 13.5. The van der Waals surface area contributed by atoms with Gasteiger partial charge in [0.15, 0.2) is 11.5 Å². The van der Waals surface area contributed by atoms with Crippen LogP contribution in [0.1, 0.15) is 110 Å². The summed E-state index contributed by atoms with van der Waals surface area (Å²) >= 11 is 0. The zero-order valence-electron chi connectivity index (χ0n) is 33.6. The predicted molar refractivity (Wildman–Crippen MR) is 232 cm³/mol. The van der Waals surface area contributed by atoms with Gasteiger partial charge in [0, 0.05) is 66.5 Å². The van der Waals surface area contributed by atoms with E-state index in [1.165, 1.54) is 11.1 Å². The second-order valence-corrected chi connectivity index (χ2v) is 20.3. The number of rotatable bonds is 6. The van der Waals surface area contributed by atoms with E-state index in [0.717, 1.165) is 94.8 Å². The standard InChI is InChI=1S/C48H52N4O5S2/c1-28-4-6-30(7-5-28)42(55)21-33(53)10-8-29-9-15-43-45-38(29)27-59-58-26-32-23-51-46(49)35-12-11-34-36(44(32)35)20-31-22-50-40-25-52(24-37(31)40)47(57-45)39(13-14-41(34)54)48(18-19-56-43)16-2-3-17-48/h4,6,9,11-12,15,22,25,28,30,32,39,41-42,46-47,51,54-55H,2-3,5,7-8,10,16-17,20-21,23-24,26-27,49H2,1H3/p+1. The second kappa shape index (κ2) is 16.2. The Morgan fingerprint density at radius 1 is 1.12 bits per heavy atom. The summed E-state index contributed by atoms with van der Waals surface area (Å²) in [5.41, 5.74) is 15.9. The van der Waals surface area contributed by atoms with Crippen LogP contribution in [-0.4, -0.2) is 53.4 Å². The Kier molecular flexibility index (Phi) is 10.8. The molecule has 8 bridgehead atoms. The third kappa shape index (κ3) is 7.41. The van der Waals surface area contributed by atoms with Crippen LogP contribution in [0.4, 0.5) is 0 Å². The fourth-order valence-corrected chi connectivity index (χ4v) is 13.2. The highest BCUT2D eigenvalue weighted by Gasteiger charge is 2.51. The number of hydrogen-bond acceptors (Lipinski definition) is 10. The van der Waals surface area contributed by atoms with Gasteiger partial charge in [-0.3, -0.25) is 20.0 Å². The molecular formula is C48H53N4O5S2+. The maximum Gasteiger partial charge on any atom is 0.252 e. The average molecular weight is 830 g/mol. The summed E-state index contributed by atoms with van der Waals surface area (Å²) in [4.78, 5) is 19.6. The van der Waals surface area contributed by atoms with E-state index in [1.807, 2.05) is 29.1 Å². The van der Waals surface area contributed by atoms with Gasteiger partial charge in [0.1, 0.15) is 42.4 Å². The summed E-state index contributed by atoms with van der Waals surface area (Å²) in [7, 11) is 3.60. The number of nitrogens with two attached hydrogens (primary N) is 1. The van der Waals surface area contributed by atoms with Crippen molar-refractivity contribution in [1.29, 1.82) is 0 Å². The Labute approximate surface area is 355 Å². The molecule has 2 aromatic rings. The quantitative estimate of drug-likeness (QED) is 0.141. The molecule has 0 saturated heterocycles. The third-order valence-electron chi connectivity index (χ3n) is 14.1. The van der Waals surface area contributed by atoms with Gasteiger partial charge >= 0.3 is 0 Å². The number of ketones is 1. The minimum Gasteiger partial charge on any atom is -0.437 e. The van der Waals surface area contributed by atoms with E-state index in [1.54, 1.807) is 10.8 Å². The van der Waals surface area contributed by atoms with Crippen molar-refractivity contribution in [2.45, 2.75) is 107 Å². The van der Waals surface area contributed by atoms with Gasteiger partial charge < -0.3 is 25.4 Å². The van der Waals surface area contributed by atoms with Gasteiger partial charge in [0.2, 0.25) is 0 Å². The van der Waals surface area contributed by atoms with Crippen LogP contribution in [-0.2, 0) is 23.4 Å². The monoisotopic (exact) mass is 829 g/mol. The maximum absolute atomic E-state index is 13.5. The molecule has 2 aromatic carbocycles. The third-order valence-corrected chi connectivity index (χ3v) is 16.5. The van der Waals surface area contributed by atoms with Gasteiger partial charge in [0.25, 0.3) is 6.23 Å². The molecule has 306 valence electrons. The first-order valence-electron chi connectivity index (χ1n) is 21.5. The molecule has 1 fully saturated rings. The molecule has 2 aliphatic carbocycles. The summed E-state index contributed by atoms with van der Waals surface area (Å²) in [6, 6.07) is 8.14. The van der Waals surface area contributed by atoms with Crippen LogP contribution in [0, 0.1) is 47.0 Å². The molecule has 9 atom stereocenters. The normalized spacial score (nSPS) is 31.3. The zero-order chi connectivity index (χ0) is 40.3. The number of quaternary nitrogens is 1. The first kappa shape index (κ1) is 39.4. The van der Waals surface area contributed by atoms with E-state index in [4.69, 9.17) is 20.2 Å². The molecule has 1 saturated carbocycles. The number of aliphatic hydroxyl groups is 2. The summed E-state index contributed by atoms with van der Waals surface area (Å²) in [6.07, 6.45) is 16.5. The van der Waals surface area contributed by atoms with Crippen molar-refractivity contribution in [3.05, 3.63) is 92.8 Å². The number of benzene rings is 2. The molecule has 9 nitrogen and oxygen atoms in total. The van der Waals surface area contributed by atoms with Crippen molar-refractivity contribution in [3.8, 4) is 35.4 Å². The second-order valence-electron chi connectivity index (χ2n) is 17.8. The average Bonchev–Trinajstić information content (AvgIpc) is 3.98. The van der Waals surface area contributed by atoms with Crippen LogP contribution >= 0.6 is 21.6 Å². The molecule has 11 heteroatoms. The van der Waals surface area contributed by atoms with E-state index in [0.29, 0.717) is 49.0 Å². The lowest BCUT2D eigenvalue weighted by Gasteiger charge is -2.37. The molecule has 0 radical (unpaired) electrons. The fraction of sp³-hybridized carbons (Fsp3) is 0.500. The van der Waals surface area contributed by atoms with Crippen molar-refractivity contribution < 1.29 is 29.4 Å². The van der Waals surface area contributed by atoms with E-state index < -0.39 is 23.9 Å². The molecule has 7 aliphatic heterocycles. The molecule has 7 heterocycles. The Balaban J connectivity index is 1.10. The highest BCUT2D eigenvalue weighted by molar-refractivity contribution is 8.76. The Bertz CT molecular complexity index is 2310. The first-order chi connectivity index (χ1) is 28.7. The highest BCUT2D eigenvalue weighted by atomic mass is 33.1. The molecule has 0 aromatic heterocycles. The number of Topliss-reactive ketones (excluding diaryl/α,β-unsaturated/α-hetero) is 1. The Hall–Kier alpha value is -3.78. The molecule has 11 rings (SSSR count). The van der Waals surface area contributed by atoms with Crippen LogP contribution in [0.2, 0.25) is 0 Å². The molecule has 0 amide bonds. The van der Waals surface area contributed by atoms with Gasteiger partial charge in [-0.25, -0.2) is 0 Å². The SMILES string of the molecule is CC1C=CC(C(O)CC(=O)CCc2ccc3c4c2CSSCC2CNC(N)c5ccc6c(c52)CC2=C5C[NH+](C=C5N=C2)C(O4)C(C#CC6O)C2(C#CO3)CCCC2)CC1. The number of fused-ring (bicyclic) bond motifs is 4. The van der Waals surface area contributed by atoms with Crippen LogP contribution in [0.5, 0.6) is 11.5 Å². The lowest BCUT2D eigenvalue weighted by Crippen LogP contribution is -3.12. The number of allylic oxidation sites excluding steroid dienone is 2. The Morgan fingerprint density at radius 3 is 2.83 bits per heavy atom. The smallest absolute Gasteiger partial charge is 0.252 e. The summed E-state index contributed by atoms with van der Waals surface area (Å²) < 4.78 is 13.9. The Morgan fingerprint density at radius 2 is 1.98 bits per heavy atom. The zero-order valence-corrected chi connectivity index (χ0v) is 35.2. The lowest BCUT2D eigenvalue weighted by atomic mass is 9.73. The van der Waals surface area contributed by atoms with Gasteiger partial charge in [-0.1, -0.05) is 89.5 Å². The molecule has 9 unspecified atom stereocenters. The first-order valence-corrected chi connectivity index (χ1v) is 24.0. The number of aliphatic hydroxyl groups excluding tert-OH is 2. The summed E-state index contributed by atoms with van der Waals surface area (Å²) in [6.45, 7) is 3.60. The van der Waals surface area contributed by atoms with Crippen molar-refractivity contribution in [1.82, 2.24) is 5.32 Å². The number of aryl methyl sites for hydroxylation is 1. The van der Waals surface area contributed by atoms with Crippen LogP contribution in [0.25, 0.3) is 0 Å². The van der Waals surface area contributed by atoms with Crippen LogP contribution in [0.3, 0.4) is 0 Å². The van der Waals surface area contributed by atoms with Gasteiger partial charge in [-0.15, -0.1) is 0 Å². The van der Waals surface area contributed by atoms with Crippen molar-refractivity contribution in [3.63, 3.8) is 0 Å². The van der Waals surface area contributed by atoms with E-state index in [2.05, 4.69) is 66.6 Å². The van der Waals surface area contributed by atoms with E-state index in [-0.39, 0.29) is 36.1 Å². The number of carbonyl (C=O) groups excluding carboxylic acids is 1. The molecule has 6 N–H and O–H groups in total.